The van der Waals surface area contributed by atoms with E-state index in [0.29, 0.717) is 43.5 Å². The molecule has 2 aromatic rings. The summed E-state index contributed by atoms with van der Waals surface area (Å²) in [5.74, 6) is -1.04. The summed E-state index contributed by atoms with van der Waals surface area (Å²) >= 11 is 0. The molecule has 1 saturated carbocycles. The van der Waals surface area contributed by atoms with Crippen LogP contribution in [0.3, 0.4) is 0 Å². The van der Waals surface area contributed by atoms with Gasteiger partial charge in [0.1, 0.15) is 23.7 Å². The van der Waals surface area contributed by atoms with E-state index in [1.165, 1.54) is 0 Å². The Morgan fingerprint density at radius 1 is 0.914 bits per heavy atom. The van der Waals surface area contributed by atoms with E-state index in [0.717, 1.165) is 48.7 Å². The molecule has 0 saturated heterocycles. The second kappa shape index (κ2) is 25.2. The summed E-state index contributed by atoms with van der Waals surface area (Å²) in [6.07, 6.45) is 7.57. The fraction of sp³-hybridized carbons (Fsp3) is 0.643. The lowest BCUT2D eigenvalue weighted by atomic mass is 9.83. The molecule has 1 heterocycles. The lowest BCUT2D eigenvalue weighted by Crippen LogP contribution is -3.00. The highest BCUT2D eigenvalue weighted by Gasteiger charge is 2.31. The zero-order chi connectivity index (χ0) is 42.0. The Balaban J connectivity index is 0.0000116. The van der Waals surface area contributed by atoms with Crippen LogP contribution in [0.1, 0.15) is 101 Å². The maximum atomic E-state index is 13.4. The molecule has 16 heteroatoms. The lowest BCUT2D eigenvalue weighted by molar-refractivity contribution is -0.870. The van der Waals surface area contributed by atoms with Crippen LogP contribution in [-0.2, 0) is 36.9 Å². The highest BCUT2D eigenvalue weighted by atomic mass is 35.5. The number of amides is 5. The third-order valence-electron chi connectivity index (χ3n) is 10.6. The number of hydrogen-bond acceptors (Lipinski definition) is 9. The van der Waals surface area contributed by atoms with Crippen molar-refractivity contribution >= 4 is 35.4 Å². The molecular formula is C42H68ClN9O6. The van der Waals surface area contributed by atoms with E-state index in [9.17, 15) is 29.1 Å². The smallest absolute Gasteiger partial charge is 0.243 e. The molecule has 3 rings (SSSR count). The number of anilines is 1. The van der Waals surface area contributed by atoms with Crippen molar-refractivity contribution in [2.45, 2.75) is 129 Å². The number of carbonyl (C=O) groups excluding carboxylic acids is 5. The van der Waals surface area contributed by atoms with E-state index < -0.39 is 42.0 Å². The molecule has 15 nitrogen and oxygen atoms in total. The fourth-order valence-corrected chi connectivity index (χ4v) is 7.04. The van der Waals surface area contributed by atoms with Crippen molar-refractivity contribution < 1.29 is 46.0 Å². The third-order valence-corrected chi connectivity index (χ3v) is 10.6. The lowest BCUT2D eigenvalue weighted by Gasteiger charge is -2.30. The third kappa shape index (κ3) is 18.5. The average molecular weight is 831 g/mol. The molecule has 8 N–H and O–H groups in total. The summed E-state index contributed by atoms with van der Waals surface area (Å²) in [6, 6.07) is 7.04. The SMILES string of the molecule is CC[C@H](C)[C@H](NC(=O)C[C@H](O)[C@H](CC1CCCCC1)NC(=O)CCNC(=O)[C@H](Cc1ccccc1)NC(=O)CCC[N+](C)(C)C)C(=O)NCc1cnc(C)nc1N.[Cl-]. The van der Waals surface area contributed by atoms with Gasteiger partial charge in [-0.3, -0.25) is 24.0 Å². The van der Waals surface area contributed by atoms with Crippen molar-refractivity contribution in [2.24, 2.45) is 11.8 Å². The summed E-state index contributed by atoms with van der Waals surface area (Å²) < 4.78 is 0.731. The summed E-state index contributed by atoms with van der Waals surface area (Å²) in [5, 5.41) is 25.7. The molecule has 0 bridgehead atoms. The molecular weight excluding hydrogens is 762 g/mol. The van der Waals surface area contributed by atoms with Gasteiger partial charge in [-0.2, -0.15) is 0 Å². The van der Waals surface area contributed by atoms with Crippen LogP contribution in [0.5, 0.6) is 0 Å². The van der Waals surface area contributed by atoms with Gasteiger partial charge in [0, 0.05) is 50.5 Å². The highest BCUT2D eigenvalue weighted by molar-refractivity contribution is 5.89. The zero-order valence-electron chi connectivity index (χ0n) is 35.3. The maximum Gasteiger partial charge on any atom is 0.243 e. The molecule has 1 aromatic carbocycles. The second-order valence-electron chi connectivity index (χ2n) is 16.6. The van der Waals surface area contributed by atoms with Gasteiger partial charge in [-0.1, -0.05) is 82.7 Å². The number of aliphatic hydroxyl groups is 1. The standard InChI is InChI=1S/C42H67N9O6.ClH/c1-7-28(2)39(42(57)46-27-32-26-45-29(3)47-40(32)43)50-38(55)25-35(52)33(23-30-15-10-8-11-16-30)48-37(54)20-21-44-41(56)34(24-31-17-12-9-13-18-31)49-36(53)19-14-22-51(4,5)6;/h9,12-13,17-18,26,28,30,33-35,39,52H,7-8,10-11,14-16,19-25,27H2,1-6H3,(H6-,43,44,45,46,47,48,49,50,53,54,55,56,57);1H/t28-,33-,34-,35-,39-;/m0./s1. The predicted molar refractivity (Wildman–Crippen MR) is 220 cm³/mol. The second-order valence-corrected chi connectivity index (χ2v) is 16.6. The van der Waals surface area contributed by atoms with Crippen LogP contribution in [-0.4, -0.2) is 108 Å². The molecule has 0 unspecified atom stereocenters. The van der Waals surface area contributed by atoms with Crippen LogP contribution < -0.4 is 44.7 Å². The number of nitrogens with two attached hydrogens (primary N) is 1. The van der Waals surface area contributed by atoms with Gasteiger partial charge in [0.2, 0.25) is 29.5 Å². The largest absolute Gasteiger partial charge is 1.00 e. The Hall–Kier alpha value is -4.34. The molecule has 58 heavy (non-hydrogen) atoms. The molecule has 1 aromatic heterocycles. The number of carbonyl (C=O) groups is 5. The normalized spacial score (nSPS) is 15.7. The van der Waals surface area contributed by atoms with Gasteiger partial charge < -0.3 is 54.3 Å². The Morgan fingerprint density at radius 3 is 2.22 bits per heavy atom. The van der Waals surface area contributed by atoms with E-state index >= 15 is 0 Å². The van der Waals surface area contributed by atoms with Crippen molar-refractivity contribution in [3.05, 3.63) is 53.5 Å². The number of quaternary nitrogens is 1. The van der Waals surface area contributed by atoms with Crippen molar-refractivity contribution in [3.63, 3.8) is 0 Å². The molecule has 0 aliphatic heterocycles. The minimum atomic E-state index is -1.21. The first-order valence-electron chi connectivity index (χ1n) is 20.6. The minimum Gasteiger partial charge on any atom is -1.00 e. The van der Waals surface area contributed by atoms with Gasteiger partial charge in [0.05, 0.1) is 46.3 Å². The fourth-order valence-electron chi connectivity index (χ4n) is 7.04. The average Bonchev–Trinajstić information content (AvgIpc) is 3.16. The van der Waals surface area contributed by atoms with E-state index in [4.69, 9.17) is 5.73 Å². The van der Waals surface area contributed by atoms with Crippen molar-refractivity contribution in [1.29, 1.82) is 0 Å². The highest BCUT2D eigenvalue weighted by Crippen LogP contribution is 2.28. The van der Waals surface area contributed by atoms with Crippen LogP contribution in [0.2, 0.25) is 0 Å². The molecule has 1 fully saturated rings. The van der Waals surface area contributed by atoms with Gasteiger partial charge >= 0.3 is 0 Å². The summed E-state index contributed by atoms with van der Waals surface area (Å²) in [7, 11) is 6.18. The van der Waals surface area contributed by atoms with Gasteiger partial charge in [-0.05, 0) is 30.7 Å². The number of rotatable bonds is 23. The van der Waals surface area contributed by atoms with E-state index in [2.05, 4.69) is 57.7 Å². The maximum absolute atomic E-state index is 13.4. The Morgan fingerprint density at radius 2 is 1.59 bits per heavy atom. The summed E-state index contributed by atoms with van der Waals surface area (Å²) in [6.45, 7) is 6.43. The Bertz CT molecular complexity index is 1600. The quantitative estimate of drug-likeness (QED) is 0.0714. The Kier molecular flexibility index (Phi) is 21.7. The number of hydrogen-bond donors (Lipinski definition) is 7. The van der Waals surface area contributed by atoms with Crippen LogP contribution in [0.25, 0.3) is 0 Å². The van der Waals surface area contributed by atoms with E-state index in [1.807, 2.05) is 44.2 Å². The van der Waals surface area contributed by atoms with Gasteiger partial charge in [-0.25, -0.2) is 9.97 Å². The number of nitrogens with one attached hydrogen (secondary N) is 5. The van der Waals surface area contributed by atoms with Gasteiger partial charge in [0.15, 0.2) is 0 Å². The number of aliphatic hydroxyl groups excluding tert-OH is 1. The Labute approximate surface area is 350 Å². The first kappa shape index (κ1) is 49.8. The predicted octanol–water partition coefficient (Wildman–Crippen LogP) is -0.555. The van der Waals surface area contributed by atoms with Gasteiger partial charge in [0.25, 0.3) is 0 Å². The molecule has 0 radical (unpaired) electrons. The topological polar surface area (TPSA) is 218 Å². The van der Waals surface area contributed by atoms with Crippen LogP contribution in [0, 0.1) is 18.8 Å². The zero-order valence-corrected chi connectivity index (χ0v) is 36.1. The first-order valence-corrected chi connectivity index (χ1v) is 20.6. The van der Waals surface area contributed by atoms with Crippen molar-refractivity contribution in [2.75, 3.05) is 40.0 Å². The van der Waals surface area contributed by atoms with Gasteiger partial charge in [-0.15, -0.1) is 0 Å². The number of halogens is 1. The van der Waals surface area contributed by atoms with E-state index in [-0.39, 0.29) is 67.8 Å². The molecule has 1 aliphatic rings. The number of nitrogen functional groups attached to an aromatic ring is 1. The number of nitrogens with zero attached hydrogens (tertiary/aromatic N) is 3. The molecule has 1 aliphatic carbocycles. The van der Waals surface area contributed by atoms with Crippen molar-refractivity contribution in [1.82, 2.24) is 36.6 Å². The van der Waals surface area contributed by atoms with Crippen molar-refractivity contribution in [3.8, 4) is 0 Å². The number of aryl methyl sites for hydroxylation is 1. The molecule has 0 spiro atoms. The molecule has 5 amide bonds. The minimum absolute atomic E-state index is 0. The summed E-state index contributed by atoms with van der Waals surface area (Å²) in [5.41, 5.74) is 7.44. The molecule has 5 atom stereocenters. The van der Waals surface area contributed by atoms with Crippen LogP contribution >= 0.6 is 0 Å². The van der Waals surface area contributed by atoms with Crippen LogP contribution in [0.15, 0.2) is 36.5 Å². The van der Waals surface area contributed by atoms with E-state index in [1.54, 1.807) is 13.1 Å². The number of benzene rings is 1. The first-order chi connectivity index (χ1) is 27.0. The van der Waals surface area contributed by atoms with Crippen LogP contribution in [0.4, 0.5) is 5.82 Å². The molecule has 324 valence electrons. The number of aromatic nitrogens is 2. The monoisotopic (exact) mass is 829 g/mol. The summed E-state index contributed by atoms with van der Waals surface area (Å²) in [4.78, 5) is 74.5.